The van der Waals surface area contributed by atoms with Crippen LogP contribution in [0.3, 0.4) is 0 Å². The Balaban J connectivity index is 0.000000173. The highest BCUT2D eigenvalue weighted by molar-refractivity contribution is 7.89. The minimum atomic E-state index is -4.08. The molecule has 25 nitrogen and oxygen atoms in total. The monoisotopic (exact) mass is 1870 g/mol. The zero-order valence-corrected chi connectivity index (χ0v) is 80.3. The van der Waals surface area contributed by atoms with Gasteiger partial charge in [0, 0.05) is 77.4 Å². The number of aryl methyl sites for hydroxylation is 7. The number of nitrogens with one attached hydrogen (secondary N) is 8. The third-order valence-electron chi connectivity index (χ3n) is 23.0. The summed E-state index contributed by atoms with van der Waals surface area (Å²) in [6.45, 7) is 20.4. The van der Waals surface area contributed by atoms with Crippen molar-refractivity contribution in [2.75, 3.05) is 44.2 Å². The van der Waals surface area contributed by atoms with Gasteiger partial charge in [0.05, 0.1) is 37.1 Å². The molecule has 0 saturated heterocycles. The highest BCUT2D eigenvalue weighted by Crippen LogP contribution is 2.43. The van der Waals surface area contributed by atoms with E-state index in [1.165, 1.54) is 59.0 Å². The maximum Gasteiger partial charge on any atom is 0.303 e. The van der Waals surface area contributed by atoms with Crippen molar-refractivity contribution in [1.82, 2.24) is 43.5 Å². The molecule has 0 bridgehead atoms. The summed E-state index contributed by atoms with van der Waals surface area (Å²) in [7, 11) is -5.33. The number of aromatic amines is 4. The molecule has 1 fully saturated rings. The standard InChI is InChI=1S/C29H32N4O2.C27H33N3O5S.C26H30N2O5S.C25H25FN2O2/c1-4-5-6-7-16-33-19-23(18-30-33)26-17-25(22-12-8-20(2)9-13-22)27(29(35)32-26)28(34)31-24-14-10-21(3)11-15-24;1-5-6-7-8-17-35-22-15-13-21(14-16-22)24-18-23(20-11-9-19(2)10-12-20)25(26(31)28-24)27(32)29-36(33,34)30(3)4;1-4-5-6-7-16-33-21-14-12-20(13-15-21)23-17-22(19-10-8-18(2)9-11-19)24(25(29)27-23)26(30)28-34(3,31)32;1-16-5-9-18(10-6-16)20-15-21(25(26)13-3-4-14-25)28-24(30)22(20)23(29)27-19-11-7-17(2)8-12-19/h8-15,17-19H,4-7,16H2,1-3H3,(H,31,34)(H,32,35);9-16,18H,5-8,17H2,1-4H3,(H,28,31)(H,29,32);8-15,17H,4-7,16H2,1-3H3,(H,27,29)(H,28,30);5-12,15H,3-4,13-14H2,1-2H3,(H,27,29)(H,28,30). The summed E-state index contributed by atoms with van der Waals surface area (Å²) in [5, 5.41) is 10.1. The van der Waals surface area contributed by atoms with Crippen molar-refractivity contribution < 1.29 is 49.9 Å². The summed E-state index contributed by atoms with van der Waals surface area (Å²) in [5.41, 5.74) is 11.9. The van der Waals surface area contributed by atoms with Crippen molar-refractivity contribution in [3.8, 4) is 89.8 Å². The van der Waals surface area contributed by atoms with E-state index in [1.807, 2.05) is 226 Å². The van der Waals surface area contributed by atoms with E-state index < -0.39 is 71.8 Å². The van der Waals surface area contributed by atoms with Crippen molar-refractivity contribution in [3.05, 3.63) is 334 Å². The predicted molar refractivity (Wildman–Crippen MR) is 536 cm³/mol. The molecule has 5 aromatic heterocycles. The third-order valence-corrected chi connectivity index (χ3v) is 25.0. The Morgan fingerprint density at radius 1 is 0.400 bits per heavy atom. The van der Waals surface area contributed by atoms with Crippen LogP contribution >= 0.6 is 0 Å². The van der Waals surface area contributed by atoms with Gasteiger partial charge in [-0.05, 0) is 217 Å². The van der Waals surface area contributed by atoms with Crippen LogP contribution in [0.25, 0.3) is 78.3 Å². The second-order valence-electron chi connectivity index (χ2n) is 34.3. The first-order valence-electron chi connectivity index (χ1n) is 45.7. The second-order valence-corrected chi connectivity index (χ2v) is 38.0. The number of carbonyl (C=O) groups is 4. The Morgan fingerprint density at radius 3 is 1.06 bits per heavy atom. The van der Waals surface area contributed by atoms with E-state index in [0.29, 0.717) is 93.5 Å². The molecule has 14 rings (SSSR count). The highest BCUT2D eigenvalue weighted by atomic mass is 32.2. The summed E-state index contributed by atoms with van der Waals surface area (Å²) in [6.07, 6.45) is 20.5. The van der Waals surface area contributed by atoms with Crippen LogP contribution in [0.5, 0.6) is 11.5 Å². The number of pyridine rings is 4. The van der Waals surface area contributed by atoms with E-state index in [9.17, 15) is 55.2 Å². The largest absolute Gasteiger partial charge is 0.494 e. The van der Waals surface area contributed by atoms with Crippen LogP contribution in [0.4, 0.5) is 15.8 Å². The molecule has 13 aromatic rings. The molecule has 1 aliphatic carbocycles. The van der Waals surface area contributed by atoms with E-state index in [1.54, 1.807) is 60.8 Å². The number of sulfonamides is 1. The number of halogens is 1. The average Bonchev–Trinajstić information content (AvgIpc) is 1.72. The fraction of sp³-hybridized carbons (Fsp3) is 0.299. The number of hydrogen-bond acceptors (Lipinski definition) is 15. The zero-order chi connectivity index (χ0) is 97.1. The van der Waals surface area contributed by atoms with Crippen LogP contribution in [-0.2, 0) is 32.4 Å². The number of carbonyl (C=O) groups excluding carboxylic acids is 4. The second kappa shape index (κ2) is 47.6. The lowest BCUT2D eigenvalue weighted by atomic mass is 9.93. The lowest BCUT2D eigenvalue weighted by molar-refractivity contribution is 0.0970. The molecule has 4 amide bonds. The smallest absolute Gasteiger partial charge is 0.303 e. The minimum absolute atomic E-state index is 0.00947. The molecule has 5 heterocycles. The van der Waals surface area contributed by atoms with Gasteiger partial charge in [-0.15, -0.1) is 0 Å². The molecular weight excluding hydrogens is 1750 g/mol. The van der Waals surface area contributed by atoms with Gasteiger partial charge < -0.3 is 40.0 Å². The lowest BCUT2D eigenvalue weighted by Crippen LogP contribution is -2.41. The summed E-state index contributed by atoms with van der Waals surface area (Å²) in [4.78, 5) is 115. The molecule has 135 heavy (non-hydrogen) atoms. The molecular formula is C107H120FN11O14S2. The number of benzene rings is 8. The number of amides is 4. The van der Waals surface area contributed by atoms with Crippen LogP contribution in [0, 0.1) is 41.5 Å². The number of nitrogens with zero attached hydrogens (tertiary/aromatic N) is 3. The molecule has 0 spiro atoms. The first-order chi connectivity index (χ1) is 64.6. The first kappa shape index (κ1) is 102. The summed E-state index contributed by atoms with van der Waals surface area (Å²) in [6, 6.07) is 66.4. The number of hydrogen-bond donors (Lipinski definition) is 8. The van der Waals surface area contributed by atoms with Crippen LogP contribution < -0.4 is 51.8 Å². The van der Waals surface area contributed by atoms with E-state index in [-0.39, 0.29) is 27.9 Å². The number of H-pyrrole nitrogens is 4. The summed E-state index contributed by atoms with van der Waals surface area (Å²) >= 11 is 0. The Bertz CT molecular complexity index is 6750. The zero-order valence-electron chi connectivity index (χ0n) is 78.6. The van der Waals surface area contributed by atoms with Gasteiger partial charge >= 0.3 is 10.2 Å². The van der Waals surface area contributed by atoms with Crippen molar-refractivity contribution >= 4 is 55.2 Å². The fourth-order valence-electron chi connectivity index (χ4n) is 15.3. The molecule has 8 N–H and O–H groups in total. The normalized spacial score (nSPS) is 12.1. The van der Waals surface area contributed by atoms with Crippen molar-refractivity contribution in [2.24, 2.45) is 0 Å². The van der Waals surface area contributed by atoms with Crippen LogP contribution in [-0.4, -0.2) is 108 Å². The SMILES string of the molecule is CCCCCCOc1ccc(-c2cc(-c3ccc(C)cc3)c(C(=O)NS(=O)(=O)N(C)C)c(=O)[nH]2)cc1.CCCCCCOc1ccc(-c2cc(-c3ccc(C)cc3)c(C(=O)NS(C)(=O)=O)c(=O)[nH]2)cc1.CCCCCCn1cc(-c2cc(-c3ccc(C)cc3)c(C(=O)Nc3ccc(C)cc3)c(=O)[nH]2)cn1.Cc1ccc(NC(=O)c2c(-c3ccc(C)cc3)cc(C3(F)CCCC3)[nH]c2=O)cc1. The molecule has 1 aliphatic rings. The fourth-order valence-corrected chi connectivity index (χ4v) is 16.2. The molecule has 0 aliphatic heterocycles. The van der Waals surface area contributed by atoms with Gasteiger partial charge in [-0.25, -0.2) is 22.3 Å². The third kappa shape index (κ3) is 28.6. The van der Waals surface area contributed by atoms with E-state index in [0.717, 1.165) is 129 Å². The minimum Gasteiger partial charge on any atom is -0.494 e. The average molecular weight is 1870 g/mol. The molecule has 706 valence electrons. The maximum absolute atomic E-state index is 15.4. The van der Waals surface area contributed by atoms with Gasteiger partial charge in [0.15, 0.2) is 5.67 Å². The lowest BCUT2D eigenvalue weighted by Gasteiger charge is -2.21. The molecule has 0 radical (unpaired) electrons. The quantitative estimate of drug-likeness (QED) is 0.0174. The molecule has 0 unspecified atom stereocenters. The molecule has 28 heteroatoms. The van der Waals surface area contributed by atoms with Crippen LogP contribution in [0.1, 0.15) is 204 Å². The topological polar surface area (TPSA) is 356 Å². The Morgan fingerprint density at radius 2 is 0.711 bits per heavy atom. The van der Waals surface area contributed by atoms with Gasteiger partial charge in [-0.1, -0.05) is 233 Å². The van der Waals surface area contributed by atoms with E-state index >= 15 is 4.39 Å². The van der Waals surface area contributed by atoms with Crippen LogP contribution in [0.2, 0.25) is 0 Å². The van der Waals surface area contributed by atoms with E-state index in [2.05, 4.69) is 56.4 Å². The van der Waals surface area contributed by atoms with Gasteiger partial charge in [0.1, 0.15) is 33.8 Å². The number of ether oxygens (including phenoxy) is 2. The number of rotatable bonds is 34. The van der Waals surface area contributed by atoms with Crippen LogP contribution in [0.15, 0.2) is 250 Å². The van der Waals surface area contributed by atoms with E-state index in [4.69, 9.17) is 9.47 Å². The number of aromatic nitrogens is 6. The van der Waals surface area contributed by atoms with Crippen molar-refractivity contribution in [2.45, 2.75) is 177 Å². The highest BCUT2D eigenvalue weighted by Gasteiger charge is 2.38. The van der Waals surface area contributed by atoms with Gasteiger partial charge in [0.25, 0.3) is 45.9 Å². The van der Waals surface area contributed by atoms with Gasteiger partial charge in [-0.3, -0.25) is 43.0 Å². The van der Waals surface area contributed by atoms with Crippen molar-refractivity contribution in [1.29, 1.82) is 0 Å². The molecule has 1 saturated carbocycles. The molecule has 8 aromatic carbocycles. The number of unbranched alkanes of at least 4 members (excludes halogenated alkanes) is 9. The first-order valence-corrected chi connectivity index (χ1v) is 49.0. The summed E-state index contributed by atoms with van der Waals surface area (Å²) in [5.74, 6) is -1.45. The molecule has 0 atom stereocenters. The number of alkyl halides is 1. The predicted octanol–water partition coefficient (Wildman–Crippen LogP) is 21.2. The summed E-state index contributed by atoms with van der Waals surface area (Å²) < 4.78 is 81.3. The van der Waals surface area contributed by atoms with Crippen molar-refractivity contribution in [3.63, 3.8) is 0 Å². The Labute approximate surface area is 788 Å². The Kier molecular flexibility index (Phi) is 35.8. The maximum atomic E-state index is 15.4. The van der Waals surface area contributed by atoms with Gasteiger partial charge in [-0.2, -0.15) is 17.8 Å². The Hall–Kier alpha value is -14.0. The van der Waals surface area contributed by atoms with Gasteiger partial charge in [0.2, 0.25) is 10.0 Å². The number of anilines is 2.